The molecule has 0 radical (unpaired) electrons. The molecule has 3 aromatic rings. The highest BCUT2D eigenvalue weighted by Crippen LogP contribution is 2.22. The van der Waals surface area contributed by atoms with E-state index in [9.17, 15) is 13.2 Å². The third-order valence-electron chi connectivity index (χ3n) is 3.53. The van der Waals surface area contributed by atoms with Crippen molar-refractivity contribution in [3.63, 3.8) is 0 Å². The van der Waals surface area contributed by atoms with Gasteiger partial charge >= 0.3 is 5.97 Å². The number of rotatable bonds is 4. The maximum absolute atomic E-state index is 10.7. The van der Waals surface area contributed by atoms with Gasteiger partial charge in [0.05, 0.1) is 4.90 Å². The van der Waals surface area contributed by atoms with E-state index >= 15 is 0 Å². The molecule has 0 fully saturated rings. The Kier molecular flexibility index (Phi) is 6.38. The molecule has 1 aromatic heterocycles. The average Bonchev–Trinajstić information content (AvgIpc) is 2.97. The Morgan fingerprint density at radius 3 is 2.38 bits per heavy atom. The van der Waals surface area contributed by atoms with Crippen molar-refractivity contribution in [2.45, 2.75) is 17.4 Å². The molecule has 1 atom stereocenters. The molecule has 0 amide bonds. The Morgan fingerprint density at radius 2 is 1.85 bits per heavy atom. The van der Waals surface area contributed by atoms with Crippen LogP contribution in [0.1, 0.15) is 5.56 Å². The van der Waals surface area contributed by atoms with Crippen molar-refractivity contribution in [1.82, 2.24) is 4.98 Å². The number of carboxylic acid groups (broad SMARTS) is 1. The summed E-state index contributed by atoms with van der Waals surface area (Å²) in [6.07, 6.45) is 2.07. The largest absolute Gasteiger partial charge is 0.480 e. The number of carboxylic acids is 1. The fourth-order valence-electron chi connectivity index (χ4n) is 2.24. The number of H-pyrrole nitrogens is 1. The SMILES string of the molecule is N[C@@H](Cc1c[nH]c2cc(Cl)ccc12)C(=O)O.O=S(=O)(O)c1ccccc1. The first-order chi connectivity index (χ1) is 12.2. The van der Waals surface area contributed by atoms with E-state index in [2.05, 4.69) is 4.98 Å². The molecule has 0 aliphatic carbocycles. The second-order valence-corrected chi connectivity index (χ2v) is 7.30. The lowest BCUT2D eigenvalue weighted by molar-refractivity contribution is -0.138. The number of benzene rings is 2. The van der Waals surface area contributed by atoms with Gasteiger partial charge in [0, 0.05) is 28.5 Å². The third kappa shape index (κ3) is 5.30. The Morgan fingerprint density at radius 1 is 1.19 bits per heavy atom. The van der Waals surface area contributed by atoms with Gasteiger partial charge in [-0.25, -0.2) is 0 Å². The van der Waals surface area contributed by atoms with Crippen molar-refractivity contribution >= 4 is 38.6 Å². The van der Waals surface area contributed by atoms with E-state index in [4.69, 9.17) is 27.0 Å². The normalized spacial score (nSPS) is 12.3. The van der Waals surface area contributed by atoms with Gasteiger partial charge < -0.3 is 15.8 Å². The summed E-state index contributed by atoms with van der Waals surface area (Å²) < 4.78 is 29.2. The number of hydrogen-bond acceptors (Lipinski definition) is 4. The maximum Gasteiger partial charge on any atom is 0.320 e. The molecule has 9 heteroatoms. The van der Waals surface area contributed by atoms with E-state index in [0.717, 1.165) is 16.5 Å². The van der Waals surface area contributed by atoms with Crippen LogP contribution in [0.5, 0.6) is 0 Å². The number of carbonyl (C=O) groups is 1. The smallest absolute Gasteiger partial charge is 0.320 e. The van der Waals surface area contributed by atoms with E-state index < -0.39 is 22.1 Å². The molecular formula is C17H17ClN2O5S. The summed E-state index contributed by atoms with van der Waals surface area (Å²) in [4.78, 5) is 13.6. The molecule has 0 spiro atoms. The minimum absolute atomic E-state index is 0.0741. The number of nitrogens with one attached hydrogen (secondary N) is 1. The van der Waals surface area contributed by atoms with Crippen molar-refractivity contribution in [1.29, 1.82) is 0 Å². The van der Waals surface area contributed by atoms with Gasteiger partial charge in [0.25, 0.3) is 10.1 Å². The van der Waals surface area contributed by atoms with Crippen LogP contribution in [-0.2, 0) is 21.3 Å². The minimum Gasteiger partial charge on any atom is -0.480 e. The van der Waals surface area contributed by atoms with Crippen LogP contribution in [0.4, 0.5) is 0 Å². The van der Waals surface area contributed by atoms with Gasteiger partial charge in [-0.3, -0.25) is 9.35 Å². The molecule has 26 heavy (non-hydrogen) atoms. The number of aliphatic carboxylic acids is 1. The molecule has 0 saturated carbocycles. The predicted molar refractivity (Wildman–Crippen MR) is 98.9 cm³/mol. The van der Waals surface area contributed by atoms with Crippen LogP contribution in [0.25, 0.3) is 10.9 Å². The minimum atomic E-state index is -4.00. The quantitative estimate of drug-likeness (QED) is 0.501. The van der Waals surface area contributed by atoms with E-state index in [-0.39, 0.29) is 4.90 Å². The Labute approximate surface area is 155 Å². The molecule has 0 aliphatic rings. The third-order valence-corrected chi connectivity index (χ3v) is 4.63. The zero-order valence-electron chi connectivity index (χ0n) is 13.5. The highest BCUT2D eigenvalue weighted by atomic mass is 35.5. The van der Waals surface area contributed by atoms with Crippen molar-refractivity contribution < 1.29 is 22.9 Å². The number of aromatic amines is 1. The predicted octanol–water partition coefficient (Wildman–Crippen LogP) is 2.71. The summed E-state index contributed by atoms with van der Waals surface area (Å²) in [5.74, 6) is -0.997. The summed E-state index contributed by atoms with van der Waals surface area (Å²) in [6.45, 7) is 0. The Bertz CT molecular complexity index is 1000. The first kappa shape index (κ1) is 19.9. The molecule has 0 saturated heterocycles. The first-order valence-corrected chi connectivity index (χ1v) is 9.26. The monoisotopic (exact) mass is 396 g/mol. The highest BCUT2D eigenvalue weighted by molar-refractivity contribution is 7.85. The molecule has 0 unspecified atom stereocenters. The molecule has 0 bridgehead atoms. The van der Waals surface area contributed by atoms with Gasteiger partial charge in [0.1, 0.15) is 6.04 Å². The topological polar surface area (TPSA) is 133 Å². The number of fused-ring (bicyclic) bond motifs is 1. The van der Waals surface area contributed by atoms with Gasteiger partial charge in [-0.2, -0.15) is 8.42 Å². The van der Waals surface area contributed by atoms with E-state index in [1.807, 2.05) is 6.07 Å². The molecule has 138 valence electrons. The van der Waals surface area contributed by atoms with Crippen LogP contribution in [0, 0.1) is 0 Å². The van der Waals surface area contributed by atoms with E-state index in [0.29, 0.717) is 11.4 Å². The number of hydrogen-bond donors (Lipinski definition) is 4. The van der Waals surface area contributed by atoms with Crippen LogP contribution >= 0.6 is 11.6 Å². The van der Waals surface area contributed by atoms with Gasteiger partial charge in [0.15, 0.2) is 0 Å². The average molecular weight is 397 g/mol. The van der Waals surface area contributed by atoms with Crippen LogP contribution in [0.15, 0.2) is 59.6 Å². The molecule has 1 heterocycles. The van der Waals surface area contributed by atoms with Crippen molar-refractivity contribution in [3.05, 3.63) is 65.3 Å². The molecule has 2 aromatic carbocycles. The van der Waals surface area contributed by atoms with E-state index in [1.165, 1.54) is 12.1 Å². The van der Waals surface area contributed by atoms with Crippen molar-refractivity contribution in [2.75, 3.05) is 0 Å². The van der Waals surface area contributed by atoms with Crippen LogP contribution in [0.2, 0.25) is 5.02 Å². The summed E-state index contributed by atoms with van der Waals surface area (Å²) in [7, 11) is -4.00. The van der Waals surface area contributed by atoms with Gasteiger partial charge in [0.2, 0.25) is 0 Å². The van der Waals surface area contributed by atoms with Crippen LogP contribution in [-0.4, -0.2) is 35.1 Å². The lowest BCUT2D eigenvalue weighted by atomic mass is 10.1. The number of nitrogens with two attached hydrogens (primary N) is 1. The zero-order valence-corrected chi connectivity index (χ0v) is 15.0. The Balaban J connectivity index is 0.000000209. The summed E-state index contributed by atoms with van der Waals surface area (Å²) in [5, 5.41) is 10.3. The first-order valence-electron chi connectivity index (χ1n) is 7.45. The van der Waals surface area contributed by atoms with Crippen LogP contribution < -0.4 is 5.73 Å². The standard InChI is InChI=1S/C11H11ClN2O2.C6H6O3S/c12-7-1-2-8-6(3-9(13)11(15)16)5-14-10(8)4-7;7-10(8,9)6-4-2-1-3-5-6/h1-2,4-5,9,14H,3,13H2,(H,15,16);1-5H,(H,7,8,9)/t9-;/m0./s1. The molecule has 5 N–H and O–H groups in total. The fraction of sp³-hybridized carbons (Fsp3) is 0.118. The molecule has 0 aliphatic heterocycles. The van der Waals surface area contributed by atoms with Crippen molar-refractivity contribution in [3.8, 4) is 0 Å². The molecule has 7 nitrogen and oxygen atoms in total. The highest BCUT2D eigenvalue weighted by Gasteiger charge is 2.14. The van der Waals surface area contributed by atoms with Gasteiger partial charge in [-0.15, -0.1) is 0 Å². The Hall–Kier alpha value is -2.39. The number of halogens is 1. The summed E-state index contributed by atoms with van der Waals surface area (Å²) in [6, 6.07) is 12.0. The molecular weight excluding hydrogens is 380 g/mol. The summed E-state index contributed by atoms with van der Waals surface area (Å²) >= 11 is 5.85. The fourth-order valence-corrected chi connectivity index (χ4v) is 2.92. The second-order valence-electron chi connectivity index (χ2n) is 5.44. The number of aromatic nitrogens is 1. The lowest BCUT2D eigenvalue weighted by Crippen LogP contribution is -2.32. The van der Waals surface area contributed by atoms with Crippen LogP contribution in [0.3, 0.4) is 0 Å². The lowest BCUT2D eigenvalue weighted by Gasteiger charge is -2.04. The maximum atomic E-state index is 10.7. The zero-order chi connectivity index (χ0) is 19.3. The molecule has 3 rings (SSSR count). The second kappa shape index (κ2) is 8.33. The van der Waals surface area contributed by atoms with Gasteiger partial charge in [-0.1, -0.05) is 35.9 Å². The van der Waals surface area contributed by atoms with Crippen molar-refractivity contribution in [2.24, 2.45) is 5.73 Å². The van der Waals surface area contributed by atoms with Gasteiger partial charge in [-0.05, 0) is 29.8 Å². The summed E-state index contributed by atoms with van der Waals surface area (Å²) in [5.41, 5.74) is 7.27. The van der Waals surface area contributed by atoms with E-state index in [1.54, 1.807) is 36.5 Å².